The number of aromatic hydroxyl groups is 1. The van der Waals surface area contributed by atoms with E-state index in [-0.39, 0.29) is 11.7 Å². The molecule has 0 fully saturated rings. The molecule has 106 valence electrons. The van der Waals surface area contributed by atoms with Crippen molar-refractivity contribution in [2.24, 2.45) is 4.99 Å². The largest absolute Gasteiger partial charge is 0.494 e. The van der Waals surface area contributed by atoms with Crippen LogP contribution in [0.25, 0.3) is 10.9 Å². The maximum absolute atomic E-state index is 12.8. The van der Waals surface area contributed by atoms with E-state index in [4.69, 9.17) is 11.6 Å². The lowest BCUT2D eigenvalue weighted by Gasteiger charge is -1.96. The molecule has 2 aromatic carbocycles. The van der Waals surface area contributed by atoms with Crippen molar-refractivity contribution in [2.75, 3.05) is 0 Å². The minimum atomic E-state index is -0.270. The molecular weight excluding hydrogens is 291 g/mol. The van der Waals surface area contributed by atoms with Crippen LogP contribution in [0.3, 0.4) is 0 Å². The molecule has 2 N–H and O–H groups in total. The van der Waals surface area contributed by atoms with E-state index in [0.29, 0.717) is 17.1 Å². The summed E-state index contributed by atoms with van der Waals surface area (Å²) in [5.74, 6) is -0.219. The molecule has 1 aromatic heterocycles. The number of H-pyrrole nitrogens is 1. The van der Waals surface area contributed by atoms with E-state index < -0.39 is 0 Å². The fourth-order valence-corrected chi connectivity index (χ4v) is 2.31. The lowest BCUT2D eigenvalue weighted by atomic mass is 10.2. The van der Waals surface area contributed by atoms with Gasteiger partial charge in [0.1, 0.15) is 5.82 Å². The van der Waals surface area contributed by atoms with Crippen molar-refractivity contribution in [2.45, 2.75) is 6.54 Å². The fourth-order valence-electron chi connectivity index (χ4n) is 2.14. The molecule has 0 spiro atoms. The van der Waals surface area contributed by atoms with Gasteiger partial charge in [0.2, 0.25) is 0 Å². The lowest BCUT2D eigenvalue weighted by Crippen LogP contribution is -1.85. The number of hydrogen-bond donors (Lipinski definition) is 2. The molecule has 1 heterocycles. The number of nitrogens with one attached hydrogen (secondary N) is 1. The number of fused-ring (bicyclic) bond motifs is 1. The van der Waals surface area contributed by atoms with E-state index in [1.807, 2.05) is 6.07 Å². The highest BCUT2D eigenvalue weighted by Crippen LogP contribution is 2.27. The number of nitrogens with zero attached hydrogens (tertiary/aromatic N) is 1. The third-order valence-corrected chi connectivity index (χ3v) is 3.42. The van der Waals surface area contributed by atoms with E-state index >= 15 is 0 Å². The third kappa shape index (κ3) is 2.90. The third-order valence-electron chi connectivity index (χ3n) is 3.19. The Balaban J connectivity index is 1.85. The van der Waals surface area contributed by atoms with Crippen LogP contribution in [0, 0.1) is 5.82 Å². The number of halogens is 2. The van der Waals surface area contributed by atoms with E-state index in [2.05, 4.69) is 9.98 Å². The normalized spacial score (nSPS) is 11.5. The van der Waals surface area contributed by atoms with Gasteiger partial charge >= 0.3 is 0 Å². The maximum atomic E-state index is 12.8. The summed E-state index contributed by atoms with van der Waals surface area (Å²) in [6.07, 6.45) is 1.60. The smallest absolute Gasteiger partial charge is 0.198 e. The van der Waals surface area contributed by atoms with Gasteiger partial charge < -0.3 is 10.1 Å². The van der Waals surface area contributed by atoms with Crippen molar-refractivity contribution >= 4 is 28.7 Å². The van der Waals surface area contributed by atoms with E-state index in [1.54, 1.807) is 30.5 Å². The van der Waals surface area contributed by atoms with Crippen molar-refractivity contribution in [3.63, 3.8) is 0 Å². The molecule has 3 rings (SSSR count). The maximum Gasteiger partial charge on any atom is 0.198 e. The number of aromatic amines is 1. The van der Waals surface area contributed by atoms with Gasteiger partial charge in [-0.1, -0.05) is 29.8 Å². The second-order valence-electron chi connectivity index (χ2n) is 4.67. The molecule has 0 radical (unpaired) electrons. The minimum Gasteiger partial charge on any atom is -0.494 e. The summed E-state index contributed by atoms with van der Waals surface area (Å²) in [6.45, 7) is 0.417. The molecule has 0 amide bonds. The molecule has 0 aliphatic heterocycles. The summed E-state index contributed by atoms with van der Waals surface area (Å²) in [5.41, 5.74) is 2.27. The second kappa shape index (κ2) is 5.58. The van der Waals surface area contributed by atoms with Crippen LogP contribution in [0.15, 0.2) is 47.5 Å². The Hall–Kier alpha value is -2.33. The van der Waals surface area contributed by atoms with Crippen molar-refractivity contribution in [3.8, 4) is 5.88 Å². The van der Waals surface area contributed by atoms with Gasteiger partial charge in [-0.3, -0.25) is 4.99 Å². The van der Waals surface area contributed by atoms with Crippen LogP contribution >= 0.6 is 11.6 Å². The molecule has 21 heavy (non-hydrogen) atoms. The number of rotatable bonds is 3. The molecular formula is C16H12ClFN2O. The van der Waals surface area contributed by atoms with Gasteiger partial charge in [0.05, 0.1) is 17.6 Å². The Morgan fingerprint density at radius 3 is 2.71 bits per heavy atom. The van der Waals surface area contributed by atoms with Crippen LogP contribution in [0.1, 0.15) is 11.1 Å². The SMILES string of the molecule is Oc1[nH]c2cc(Cl)ccc2c1C=NCc1ccc(F)cc1. The Bertz CT molecular complexity index is 809. The first-order valence-corrected chi connectivity index (χ1v) is 6.76. The van der Waals surface area contributed by atoms with E-state index in [9.17, 15) is 9.50 Å². The zero-order chi connectivity index (χ0) is 14.8. The molecule has 3 nitrogen and oxygen atoms in total. The van der Waals surface area contributed by atoms with Crippen LogP contribution < -0.4 is 0 Å². The van der Waals surface area contributed by atoms with Crippen LogP contribution in [0.5, 0.6) is 5.88 Å². The van der Waals surface area contributed by atoms with Crippen molar-refractivity contribution < 1.29 is 9.50 Å². The van der Waals surface area contributed by atoms with Gasteiger partial charge in [-0.05, 0) is 29.8 Å². The first-order chi connectivity index (χ1) is 10.1. The van der Waals surface area contributed by atoms with Crippen molar-refractivity contribution in [1.29, 1.82) is 0 Å². The lowest BCUT2D eigenvalue weighted by molar-refractivity contribution is 0.457. The summed E-state index contributed by atoms with van der Waals surface area (Å²) in [7, 11) is 0. The van der Waals surface area contributed by atoms with Crippen LogP contribution in [-0.4, -0.2) is 16.3 Å². The highest BCUT2D eigenvalue weighted by Gasteiger charge is 2.08. The van der Waals surface area contributed by atoms with Gasteiger partial charge in [-0.15, -0.1) is 0 Å². The molecule has 0 aliphatic carbocycles. The molecule has 0 saturated heterocycles. The molecule has 0 saturated carbocycles. The Labute approximate surface area is 125 Å². The van der Waals surface area contributed by atoms with Crippen LogP contribution in [0.2, 0.25) is 5.02 Å². The first kappa shape index (κ1) is 13.6. The zero-order valence-corrected chi connectivity index (χ0v) is 11.7. The first-order valence-electron chi connectivity index (χ1n) is 6.38. The van der Waals surface area contributed by atoms with Crippen LogP contribution in [-0.2, 0) is 6.54 Å². The van der Waals surface area contributed by atoms with E-state index in [1.165, 1.54) is 12.1 Å². The van der Waals surface area contributed by atoms with Gasteiger partial charge in [-0.25, -0.2) is 4.39 Å². The van der Waals surface area contributed by atoms with Crippen molar-refractivity contribution in [1.82, 2.24) is 4.98 Å². The van der Waals surface area contributed by atoms with Gasteiger partial charge in [0.15, 0.2) is 5.88 Å². The molecule has 0 aliphatic rings. The number of aromatic nitrogens is 1. The number of benzene rings is 2. The molecule has 0 bridgehead atoms. The van der Waals surface area contributed by atoms with E-state index in [0.717, 1.165) is 16.5 Å². The quantitative estimate of drug-likeness (QED) is 0.697. The molecule has 5 heteroatoms. The molecule has 0 unspecified atom stereocenters. The fraction of sp³-hybridized carbons (Fsp3) is 0.0625. The van der Waals surface area contributed by atoms with Crippen molar-refractivity contribution in [3.05, 3.63) is 64.4 Å². The molecule has 0 atom stereocenters. The minimum absolute atomic E-state index is 0.0510. The predicted octanol–water partition coefficient (Wildman–Crippen LogP) is 4.29. The topological polar surface area (TPSA) is 48.4 Å². The Kier molecular flexibility index (Phi) is 3.62. The summed E-state index contributed by atoms with van der Waals surface area (Å²) in [5, 5.41) is 11.4. The second-order valence-corrected chi connectivity index (χ2v) is 5.11. The summed E-state index contributed by atoms with van der Waals surface area (Å²) >= 11 is 5.91. The monoisotopic (exact) mass is 302 g/mol. The summed E-state index contributed by atoms with van der Waals surface area (Å²) in [6, 6.07) is 11.5. The standard InChI is InChI=1S/C16H12ClFN2O/c17-11-3-6-13-14(16(21)20-15(13)7-11)9-19-8-10-1-4-12(18)5-2-10/h1-7,9,20-21H,8H2. The Morgan fingerprint density at radius 1 is 1.19 bits per heavy atom. The van der Waals surface area contributed by atoms with Gasteiger partial charge in [0, 0.05) is 16.6 Å². The highest BCUT2D eigenvalue weighted by atomic mass is 35.5. The Morgan fingerprint density at radius 2 is 1.95 bits per heavy atom. The molecule has 3 aromatic rings. The highest BCUT2D eigenvalue weighted by molar-refractivity contribution is 6.31. The predicted molar refractivity (Wildman–Crippen MR) is 82.7 cm³/mol. The number of aliphatic imine (C=N–C) groups is 1. The van der Waals surface area contributed by atoms with Gasteiger partial charge in [0.25, 0.3) is 0 Å². The average Bonchev–Trinajstić information content (AvgIpc) is 2.76. The zero-order valence-electron chi connectivity index (χ0n) is 11.0. The van der Waals surface area contributed by atoms with Gasteiger partial charge in [-0.2, -0.15) is 0 Å². The van der Waals surface area contributed by atoms with Crippen LogP contribution in [0.4, 0.5) is 4.39 Å². The average molecular weight is 303 g/mol. The summed E-state index contributed by atoms with van der Waals surface area (Å²) in [4.78, 5) is 7.14. The number of hydrogen-bond acceptors (Lipinski definition) is 2. The summed E-state index contributed by atoms with van der Waals surface area (Å²) < 4.78 is 12.8.